The Morgan fingerprint density at radius 1 is 1.29 bits per heavy atom. The number of benzene rings is 1. The zero-order valence-corrected chi connectivity index (χ0v) is 12.6. The average molecular weight is 303 g/mol. The third kappa shape index (κ3) is 2.56. The predicted octanol–water partition coefficient (Wildman–Crippen LogP) is 2.48. The van der Waals surface area contributed by atoms with E-state index in [0.29, 0.717) is 23.3 Å². The van der Waals surface area contributed by atoms with E-state index in [-0.39, 0.29) is 10.9 Å². The summed E-state index contributed by atoms with van der Waals surface area (Å²) in [7, 11) is 1.84. The van der Waals surface area contributed by atoms with E-state index >= 15 is 0 Å². The number of alkyl halides is 1. The number of hydrogen-bond donors (Lipinski definition) is 0. The molecule has 1 unspecified atom stereocenters. The van der Waals surface area contributed by atoms with Gasteiger partial charge in [-0.2, -0.15) is 5.10 Å². The van der Waals surface area contributed by atoms with Crippen LogP contribution in [0.4, 0.5) is 0 Å². The van der Waals surface area contributed by atoms with E-state index < -0.39 is 0 Å². The first-order valence-corrected chi connectivity index (χ1v) is 7.12. The number of halogens is 1. The van der Waals surface area contributed by atoms with Crippen molar-refractivity contribution in [3.8, 4) is 0 Å². The standard InChI is InChI=1S/C15H15ClN4O/c1-10(16)14-17-13-6-4-3-5-12(13)15(21)20(14)9-11-7-8-19(2)18-11/h3-8,10H,9H2,1-2H3. The van der Waals surface area contributed by atoms with Gasteiger partial charge >= 0.3 is 0 Å². The number of aromatic nitrogens is 4. The summed E-state index contributed by atoms with van der Waals surface area (Å²) >= 11 is 6.20. The lowest BCUT2D eigenvalue weighted by Gasteiger charge is -2.13. The van der Waals surface area contributed by atoms with Gasteiger partial charge in [-0.15, -0.1) is 11.6 Å². The third-order valence-corrected chi connectivity index (χ3v) is 3.53. The smallest absolute Gasteiger partial charge is 0.261 e. The Bertz CT molecular complexity index is 850. The summed E-state index contributed by atoms with van der Waals surface area (Å²) in [5.41, 5.74) is 1.38. The molecule has 0 aliphatic heterocycles. The van der Waals surface area contributed by atoms with Crippen LogP contribution in [-0.4, -0.2) is 19.3 Å². The molecule has 0 radical (unpaired) electrons. The SMILES string of the molecule is CC(Cl)c1nc2ccccc2c(=O)n1Cc1ccn(C)n1. The van der Waals surface area contributed by atoms with Gasteiger partial charge in [-0.25, -0.2) is 4.98 Å². The van der Waals surface area contributed by atoms with Gasteiger partial charge < -0.3 is 0 Å². The van der Waals surface area contributed by atoms with Gasteiger partial charge in [0.15, 0.2) is 0 Å². The van der Waals surface area contributed by atoms with Crippen LogP contribution in [0.5, 0.6) is 0 Å². The van der Waals surface area contributed by atoms with E-state index in [2.05, 4.69) is 10.1 Å². The highest BCUT2D eigenvalue weighted by Gasteiger charge is 2.15. The molecule has 0 amide bonds. The molecular formula is C15H15ClN4O. The number of aryl methyl sites for hydroxylation is 1. The van der Waals surface area contributed by atoms with E-state index in [0.717, 1.165) is 5.69 Å². The molecule has 2 heterocycles. The minimum atomic E-state index is -0.356. The molecule has 21 heavy (non-hydrogen) atoms. The molecule has 0 saturated heterocycles. The van der Waals surface area contributed by atoms with Gasteiger partial charge in [0.25, 0.3) is 5.56 Å². The zero-order valence-electron chi connectivity index (χ0n) is 11.8. The maximum Gasteiger partial charge on any atom is 0.261 e. The summed E-state index contributed by atoms with van der Waals surface area (Å²) in [5, 5.41) is 4.55. The van der Waals surface area contributed by atoms with Crippen molar-refractivity contribution in [3.63, 3.8) is 0 Å². The normalized spacial score (nSPS) is 12.7. The molecule has 0 saturated carbocycles. The fourth-order valence-corrected chi connectivity index (χ4v) is 2.52. The Labute approximate surface area is 126 Å². The largest absolute Gasteiger partial charge is 0.289 e. The highest BCUT2D eigenvalue weighted by Crippen LogP contribution is 2.19. The van der Waals surface area contributed by atoms with Crippen LogP contribution in [-0.2, 0) is 13.6 Å². The molecule has 0 spiro atoms. The van der Waals surface area contributed by atoms with Crippen molar-refractivity contribution in [2.75, 3.05) is 0 Å². The maximum absolute atomic E-state index is 12.7. The fourth-order valence-electron chi connectivity index (χ4n) is 2.35. The van der Waals surface area contributed by atoms with Gasteiger partial charge in [-0.3, -0.25) is 14.0 Å². The van der Waals surface area contributed by atoms with Gasteiger partial charge in [-0.1, -0.05) is 12.1 Å². The van der Waals surface area contributed by atoms with E-state index in [1.807, 2.05) is 44.4 Å². The first kappa shape index (κ1) is 13.8. The first-order chi connectivity index (χ1) is 10.1. The van der Waals surface area contributed by atoms with Gasteiger partial charge in [0, 0.05) is 13.2 Å². The average Bonchev–Trinajstić information content (AvgIpc) is 2.87. The highest BCUT2D eigenvalue weighted by molar-refractivity contribution is 6.20. The quantitative estimate of drug-likeness (QED) is 0.698. The molecule has 6 heteroatoms. The van der Waals surface area contributed by atoms with Gasteiger partial charge in [0.05, 0.1) is 28.5 Å². The summed E-state index contributed by atoms with van der Waals surface area (Å²) in [4.78, 5) is 17.2. The number of fused-ring (bicyclic) bond motifs is 1. The van der Waals surface area contributed by atoms with Crippen LogP contribution in [0.3, 0.4) is 0 Å². The van der Waals surface area contributed by atoms with Gasteiger partial charge in [-0.05, 0) is 25.1 Å². The van der Waals surface area contributed by atoms with Crippen LogP contribution in [0, 0.1) is 0 Å². The molecule has 108 valence electrons. The van der Waals surface area contributed by atoms with Crippen molar-refractivity contribution >= 4 is 22.5 Å². The van der Waals surface area contributed by atoms with Crippen LogP contribution >= 0.6 is 11.6 Å². The van der Waals surface area contributed by atoms with Crippen LogP contribution in [0.2, 0.25) is 0 Å². The van der Waals surface area contributed by atoms with Gasteiger partial charge in [0.2, 0.25) is 0 Å². The molecule has 0 bridgehead atoms. The Balaban J connectivity index is 2.21. The molecule has 0 N–H and O–H groups in total. The molecule has 0 aliphatic carbocycles. The van der Waals surface area contributed by atoms with E-state index in [1.165, 1.54) is 0 Å². The Kier molecular flexibility index (Phi) is 3.51. The van der Waals surface area contributed by atoms with Crippen LogP contribution in [0.25, 0.3) is 10.9 Å². The fraction of sp³-hybridized carbons (Fsp3) is 0.267. The second kappa shape index (κ2) is 5.33. The second-order valence-electron chi connectivity index (χ2n) is 4.98. The number of rotatable bonds is 3. The number of hydrogen-bond acceptors (Lipinski definition) is 3. The van der Waals surface area contributed by atoms with Gasteiger partial charge in [0.1, 0.15) is 5.82 Å². The minimum Gasteiger partial charge on any atom is -0.289 e. The molecular weight excluding hydrogens is 288 g/mol. The third-order valence-electron chi connectivity index (χ3n) is 3.34. The van der Waals surface area contributed by atoms with E-state index in [4.69, 9.17) is 11.6 Å². The highest BCUT2D eigenvalue weighted by atomic mass is 35.5. The van der Waals surface area contributed by atoms with Crippen molar-refractivity contribution in [1.29, 1.82) is 0 Å². The first-order valence-electron chi connectivity index (χ1n) is 6.68. The molecule has 2 aromatic heterocycles. The molecule has 3 aromatic rings. The second-order valence-corrected chi connectivity index (χ2v) is 5.63. The molecule has 5 nitrogen and oxygen atoms in total. The molecule has 1 atom stereocenters. The molecule has 1 aromatic carbocycles. The number of para-hydroxylation sites is 1. The van der Waals surface area contributed by atoms with Crippen molar-refractivity contribution in [2.45, 2.75) is 18.8 Å². The van der Waals surface area contributed by atoms with Crippen molar-refractivity contribution in [2.24, 2.45) is 7.05 Å². The Hall–Kier alpha value is -2.14. The molecule has 0 fully saturated rings. The molecule has 0 aliphatic rings. The topological polar surface area (TPSA) is 52.7 Å². The summed E-state index contributed by atoms with van der Waals surface area (Å²) in [6, 6.07) is 9.18. The number of nitrogens with zero attached hydrogens (tertiary/aromatic N) is 4. The van der Waals surface area contributed by atoms with Crippen molar-refractivity contribution < 1.29 is 0 Å². The predicted molar refractivity (Wildman–Crippen MR) is 82.6 cm³/mol. The van der Waals surface area contributed by atoms with Crippen LogP contribution < -0.4 is 5.56 Å². The molecule has 3 rings (SSSR count). The summed E-state index contributed by atoms with van der Waals surface area (Å²) in [5.74, 6) is 0.561. The monoisotopic (exact) mass is 302 g/mol. The zero-order chi connectivity index (χ0) is 15.0. The van der Waals surface area contributed by atoms with Crippen LogP contribution in [0.15, 0.2) is 41.3 Å². The lowest BCUT2D eigenvalue weighted by atomic mass is 10.2. The van der Waals surface area contributed by atoms with Crippen molar-refractivity contribution in [3.05, 3.63) is 58.4 Å². The summed E-state index contributed by atoms with van der Waals surface area (Å²) in [6.45, 7) is 2.18. The van der Waals surface area contributed by atoms with E-state index in [9.17, 15) is 4.79 Å². The van der Waals surface area contributed by atoms with Crippen molar-refractivity contribution in [1.82, 2.24) is 19.3 Å². The lowest BCUT2D eigenvalue weighted by Crippen LogP contribution is -2.26. The lowest BCUT2D eigenvalue weighted by molar-refractivity contribution is 0.648. The van der Waals surface area contributed by atoms with Crippen LogP contribution in [0.1, 0.15) is 23.8 Å². The Morgan fingerprint density at radius 3 is 2.71 bits per heavy atom. The Morgan fingerprint density at radius 2 is 2.05 bits per heavy atom. The van der Waals surface area contributed by atoms with E-state index in [1.54, 1.807) is 15.3 Å². The summed E-state index contributed by atoms with van der Waals surface area (Å²) in [6.07, 6.45) is 1.85. The summed E-state index contributed by atoms with van der Waals surface area (Å²) < 4.78 is 3.31. The minimum absolute atomic E-state index is 0.0891. The maximum atomic E-state index is 12.7.